The van der Waals surface area contributed by atoms with Crippen LogP contribution in [0.1, 0.15) is 38.5 Å². The number of aliphatic hydroxyl groups is 1. The Hall–Kier alpha value is -2.28. The topological polar surface area (TPSA) is 223 Å². The Morgan fingerprint density at radius 2 is 1.21 bits per heavy atom. The summed E-state index contributed by atoms with van der Waals surface area (Å²) in [5.74, 6) is -3.28. The van der Waals surface area contributed by atoms with Crippen molar-refractivity contribution in [2.75, 3.05) is 26.2 Å². The zero-order valence-corrected chi connectivity index (χ0v) is 16.6. The second kappa shape index (κ2) is 15.6. The van der Waals surface area contributed by atoms with E-state index in [4.69, 9.17) is 17.2 Å². The highest BCUT2D eigenvalue weighted by Gasteiger charge is 2.28. The number of hydrogen-bond acceptors (Lipinski definition) is 8. The van der Waals surface area contributed by atoms with Gasteiger partial charge in [-0.3, -0.25) is 14.4 Å². The predicted molar refractivity (Wildman–Crippen MR) is 105 cm³/mol. The van der Waals surface area contributed by atoms with Gasteiger partial charge in [-0.2, -0.15) is 0 Å². The standard InChI is InChI=1S/C17H34N6O6/c18-7-3-1-5-11(22-16(27)13(10-24)21-14(25)9-20)15(26)23-12(17(28)29)6-2-4-8-19/h11-13,24H,1-10,18-20H2,(H,21,25)(H,22,27)(H,23,26)(H,28,29)/t11-,12-,13-/m0/s1. The Labute approximate surface area is 169 Å². The highest BCUT2D eigenvalue weighted by molar-refractivity contribution is 5.93. The number of amides is 3. The van der Waals surface area contributed by atoms with Crippen LogP contribution < -0.4 is 33.2 Å². The SMILES string of the molecule is NCCCC[C@H](NC(=O)[C@H](CCCCN)NC(=O)[C@H](CO)NC(=O)CN)C(=O)O. The molecular formula is C17H34N6O6. The second-order valence-corrected chi connectivity index (χ2v) is 6.54. The molecule has 3 amide bonds. The fourth-order valence-corrected chi connectivity index (χ4v) is 2.50. The Morgan fingerprint density at radius 3 is 1.66 bits per heavy atom. The Kier molecular flexibility index (Phi) is 14.4. The molecule has 0 unspecified atom stereocenters. The van der Waals surface area contributed by atoms with Gasteiger partial charge in [-0.25, -0.2) is 4.79 Å². The van der Waals surface area contributed by atoms with Crippen LogP contribution in [0.5, 0.6) is 0 Å². The van der Waals surface area contributed by atoms with Gasteiger partial charge in [0.25, 0.3) is 0 Å². The number of nitrogens with two attached hydrogens (primary N) is 3. The van der Waals surface area contributed by atoms with E-state index in [1.54, 1.807) is 0 Å². The lowest BCUT2D eigenvalue weighted by Crippen LogP contribution is -2.57. The molecule has 0 bridgehead atoms. The summed E-state index contributed by atoms with van der Waals surface area (Å²) in [5.41, 5.74) is 16.0. The molecule has 0 aromatic rings. The van der Waals surface area contributed by atoms with Crippen molar-refractivity contribution in [2.24, 2.45) is 17.2 Å². The van der Waals surface area contributed by atoms with Gasteiger partial charge in [0.2, 0.25) is 17.7 Å². The van der Waals surface area contributed by atoms with Crippen molar-refractivity contribution in [3.63, 3.8) is 0 Å². The molecule has 0 aromatic heterocycles. The summed E-state index contributed by atoms with van der Waals surface area (Å²) in [6, 6.07) is -3.45. The third-order valence-corrected chi connectivity index (χ3v) is 4.16. The number of unbranched alkanes of at least 4 members (excludes halogenated alkanes) is 2. The summed E-state index contributed by atoms with van der Waals surface area (Å²) < 4.78 is 0. The van der Waals surface area contributed by atoms with E-state index in [-0.39, 0.29) is 19.4 Å². The summed E-state index contributed by atoms with van der Waals surface area (Å²) in [5, 5.41) is 25.7. The lowest BCUT2D eigenvalue weighted by atomic mass is 10.1. The molecule has 0 saturated heterocycles. The van der Waals surface area contributed by atoms with Crippen LogP contribution in [-0.2, 0) is 19.2 Å². The fraction of sp³-hybridized carbons (Fsp3) is 0.765. The molecule has 168 valence electrons. The van der Waals surface area contributed by atoms with Gasteiger partial charge in [0.05, 0.1) is 13.2 Å². The van der Waals surface area contributed by atoms with E-state index in [9.17, 15) is 29.4 Å². The first kappa shape index (κ1) is 26.7. The van der Waals surface area contributed by atoms with Gasteiger partial charge >= 0.3 is 5.97 Å². The molecule has 29 heavy (non-hydrogen) atoms. The minimum Gasteiger partial charge on any atom is -0.480 e. The van der Waals surface area contributed by atoms with Crippen LogP contribution in [0.2, 0.25) is 0 Å². The number of aliphatic carboxylic acids is 1. The number of nitrogens with one attached hydrogen (secondary N) is 3. The first-order chi connectivity index (χ1) is 13.8. The Bertz CT molecular complexity index is 533. The molecule has 3 atom stereocenters. The maximum Gasteiger partial charge on any atom is 0.326 e. The third kappa shape index (κ3) is 11.3. The van der Waals surface area contributed by atoms with Crippen molar-refractivity contribution in [1.82, 2.24) is 16.0 Å². The van der Waals surface area contributed by atoms with Crippen LogP contribution in [0.3, 0.4) is 0 Å². The van der Waals surface area contributed by atoms with Crippen LogP contribution in [0.25, 0.3) is 0 Å². The zero-order valence-electron chi connectivity index (χ0n) is 16.6. The molecule has 0 fully saturated rings. The molecule has 0 saturated carbocycles. The monoisotopic (exact) mass is 418 g/mol. The molecule has 0 rings (SSSR count). The summed E-state index contributed by atoms with van der Waals surface area (Å²) in [6.07, 6.45) is 2.68. The summed E-state index contributed by atoms with van der Waals surface area (Å²) in [6.45, 7) is -0.251. The zero-order chi connectivity index (χ0) is 22.2. The molecule has 0 aliphatic carbocycles. The second-order valence-electron chi connectivity index (χ2n) is 6.54. The van der Waals surface area contributed by atoms with Crippen LogP contribution in [0, 0.1) is 0 Å². The average Bonchev–Trinajstić information content (AvgIpc) is 2.69. The molecule has 0 spiro atoms. The number of carboxylic acids is 1. The molecular weight excluding hydrogens is 384 g/mol. The van der Waals surface area contributed by atoms with Gasteiger partial charge in [-0.05, 0) is 51.6 Å². The van der Waals surface area contributed by atoms with Gasteiger partial charge < -0.3 is 43.4 Å². The summed E-state index contributed by atoms with van der Waals surface area (Å²) in [4.78, 5) is 47.7. The molecule has 0 aliphatic heterocycles. The highest BCUT2D eigenvalue weighted by atomic mass is 16.4. The normalized spacial score (nSPS) is 13.8. The lowest BCUT2D eigenvalue weighted by Gasteiger charge is -2.24. The predicted octanol–water partition coefficient (Wildman–Crippen LogP) is -3.27. The number of aliphatic hydroxyl groups excluding tert-OH is 1. The average molecular weight is 418 g/mol. The van der Waals surface area contributed by atoms with E-state index in [2.05, 4.69) is 16.0 Å². The molecule has 11 N–H and O–H groups in total. The van der Waals surface area contributed by atoms with Gasteiger partial charge in [-0.1, -0.05) is 0 Å². The van der Waals surface area contributed by atoms with Crippen molar-refractivity contribution in [3.05, 3.63) is 0 Å². The van der Waals surface area contributed by atoms with Crippen LogP contribution in [-0.4, -0.2) is 78.3 Å². The maximum atomic E-state index is 12.6. The third-order valence-electron chi connectivity index (χ3n) is 4.16. The minimum absolute atomic E-state index is 0.202. The number of carboxylic acid groups (broad SMARTS) is 1. The molecule has 0 aromatic carbocycles. The highest BCUT2D eigenvalue weighted by Crippen LogP contribution is 2.05. The van der Waals surface area contributed by atoms with Crippen LogP contribution in [0.15, 0.2) is 0 Å². The first-order valence-electron chi connectivity index (χ1n) is 9.64. The number of hydrogen-bond donors (Lipinski definition) is 8. The van der Waals surface area contributed by atoms with E-state index in [0.717, 1.165) is 0 Å². The number of carbonyl (C=O) groups is 4. The van der Waals surface area contributed by atoms with Crippen molar-refractivity contribution in [3.8, 4) is 0 Å². The number of carbonyl (C=O) groups excluding carboxylic acids is 3. The molecule has 12 heteroatoms. The van der Waals surface area contributed by atoms with E-state index in [0.29, 0.717) is 38.8 Å². The van der Waals surface area contributed by atoms with Gasteiger partial charge in [-0.15, -0.1) is 0 Å². The Balaban J connectivity index is 5.11. The minimum atomic E-state index is -1.28. The number of rotatable bonds is 16. The fourth-order valence-electron chi connectivity index (χ4n) is 2.50. The van der Waals surface area contributed by atoms with Gasteiger partial charge in [0, 0.05) is 0 Å². The van der Waals surface area contributed by atoms with Gasteiger partial charge in [0.15, 0.2) is 0 Å². The van der Waals surface area contributed by atoms with Crippen molar-refractivity contribution in [1.29, 1.82) is 0 Å². The quantitative estimate of drug-likeness (QED) is 0.118. The Morgan fingerprint density at radius 1 is 0.724 bits per heavy atom. The van der Waals surface area contributed by atoms with E-state index >= 15 is 0 Å². The maximum absolute atomic E-state index is 12.6. The van der Waals surface area contributed by atoms with Crippen LogP contribution in [0.4, 0.5) is 0 Å². The molecule has 0 heterocycles. The molecule has 0 aliphatic rings. The first-order valence-corrected chi connectivity index (χ1v) is 9.64. The molecule has 0 radical (unpaired) electrons. The van der Waals surface area contributed by atoms with E-state index in [1.807, 2.05) is 0 Å². The van der Waals surface area contributed by atoms with Crippen molar-refractivity contribution >= 4 is 23.7 Å². The van der Waals surface area contributed by atoms with Crippen molar-refractivity contribution in [2.45, 2.75) is 56.7 Å². The lowest BCUT2D eigenvalue weighted by molar-refractivity contribution is -0.142. The smallest absolute Gasteiger partial charge is 0.326 e. The van der Waals surface area contributed by atoms with E-state index in [1.165, 1.54) is 0 Å². The summed E-state index contributed by atoms with van der Waals surface area (Å²) in [7, 11) is 0. The van der Waals surface area contributed by atoms with Crippen molar-refractivity contribution < 1.29 is 29.4 Å². The van der Waals surface area contributed by atoms with E-state index < -0.39 is 48.4 Å². The largest absolute Gasteiger partial charge is 0.480 e. The summed E-state index contributed by atoms with van der Waals surface area (Å²) >= 11 is 0. The molecule has 12 nitrogen and oxygen atoms in total. The van der Waals surface area contributed by atoms with Gasteiger partial charge in [0.1, 0.15) is 18.1 Å². The van der Waals surface area contributed by atoms with Crippen LogP contribution >= 0.6 is 0 Å².